The van der Waals surface area contributed by atoms with Crippen LogP contribution in [0.4, 0.5) is 5.69 Å². The van der Waals surface area contributed by atoms with Gasteiger partial charge in [-0.25, -0.2) is 0 Å². The fourth-order valence-electron chi connectivity index (χ4n) is 3.34. The van der Waals surface area contributed by atoms with E-state index < -0.39 is 10.6 Å². The molecule has 2 aliphatic heterocycles. The highest BCUT2D eigenvalue weighted by molar-refractivity contribution is 7.80. The van der Waals surface area contributed by atoms with Crippen LogP contribution in [0.25, 0.3) is 0 Å². The SMILES string of the molecule is O=[N+]([O-])c1ccc(CC2(O)NC(=S)NCC2C2CCNC(=S)N2)cc1. The van der Waals surface area contributed by atoms with E-state index in [9.17, 15) is 15.2 Å². The van der Waals surface area contributed by atoms with E-state index in [0.717, 1.165) is 18.5 Å². The smallest absolute Gasteiger partial charge is 0.269 e. The molecule has 134 valence electrons. The van der Waals surface area contributed by atoms with Crippen molar-refractivity contribution < 1.29 is 10.0 Å². The molecule has 0 aliphatic carbocycles. The first-order valence-electron chi connectivity index (χ1n) is 7.93. The minimum Gasteiger partial charge on any atom is -0.370 e. The molecule has 2 heterocycles. The van der Waals surface area contributed by atoms with Gasteiger partial charge in [0.2, 0.25) is 0 Å². The number of nitro benzene ring substituents is 1. The van der Waals surface area contributed by atoms with Crippen molar-refractivity contribution in [2.75, 3.05) is 13.1 Å². The van der Waals surface area contributed by atoms with Crippen molar-refractivity contribution >= 4 is 40.3 Å². The van der Waals surface area contributed by atoms with Gasteiger partial charge in [0, 0.05) is 43.6 Å². The first-order chi connectivity index (χ1) is 11.9. The van der Waals surface area contributed by atoms with Gasteiger partial charge in [-0.1, -0.05) is 12.1 Å². The van der Waals surface area contributed by atoms with E-state index in [1.165, 1.54) is 12.1 Å². The van der Waals surface area contributed by atoms with Crippen LogP contribution in [0.5, 0.6) is 0 Å². The van der Waals surface area contributed by atoms with Gasteiger partial charge in [0.05, 0.1) is 4.92 Å². The Morgan fingerprint density at radius 1 is 1.24 bits per heavy atom. The Bertz CT molecular complexity index is 699. The first kappa shape index (κ1) is 17.8. The standard InChI is InChI=1S/C15H19N5O3S2/c21-15(7-9-1-3-10(4-2-9)20(22)23)11(8-17-14(25)19-15)12-5-6-16-13(24)18-12/h1-4,11-12,21H,5-8H2,(H2,16,18,24)(H2,17,19,25). The van der Waals surface area contributed by atoms with Gasteiger partial charge in [0.25, 0.3) is 5.69 Å². The normalized spacial score (nSPS) is 29.0. The third-order valence-corrected chi connectivity index (χ3v) is 5.10. The summed E-state index contributed by atoms with van der Waals surface area (Å²) < 4.78 is 0. The number of aliphatic hydroxyl groups is 1. The van der Waals surface area contributed by atoms with Gasteiger partial charge >= 0.3 is 0 Å². The molecule has 5 N–H and O–H groups in total. The molecule has 0 radical (unpaired) electrons. The fourth-order valence-corrected chi connectivity index (χ4v) is 3.85. The quantitative estimate of drug-likeness (QED) is 0.283. The number of non-ortho nitro benzene ring substituents is 1. The van der Waals surface area contributed by atoms with Crippen molar-refractivity contribution in [2.45, 2.75) is 24.6 Å². The number of thiocarbonyl (C=S) groups is 2. The monoisotopic (exact) mass is 381 g/mol. The van der Waals surface area contributed by atoms with Crippen LogP contribution in [0.1, 0.15) is 12.0 Å². The van der Waals surface area contributed by atoms with E-state index in [4.69, 9.17) is 24.4 Å². The number of nitrogens with one attached hydrogen (secondary N) is 4. The van der Waals surface area contributed by atoms with Crippen LogP contribution in [0.15, 0.2) is 24.3 Å². The van der Waals surface area contributed by atoms with Crippen LogP contribution in [-0.4, -0.2) is 45.1 Å². The largest absolute Gasteiger partial charge is 0.370 e. The summed E-state index contributed by atoms with van der Waals surface area (Å²) in [5.74, 6) is -0.186. The maximum Gasteiger partial charge on any atom is 0.269 e. The Labute approximate surface area is 155 Å². The molecule has 0 aromatic heterocycles. The number of hydrogen-bond donors (Lipinski definition) is 5. The van der Waals surface area contributed by atoms with Crippen LogP contribution in [0.2, 0.25) is 0 Å². The molecule has 8 nitrogen and oxygen atoms in total. The van der Waals surface area contributed by atoms with E-state index in [1.807, 2.05) is 0 Å². The number of benzene rings is 1. The zero-order valence-electron chi connectivity index (χ0n) is 13.3. The molecular formula is C15H19N5O3S2. The Hall–Kier alpha value is -2.04. The van der Waals surface area contributed by atoms with Gasteiger partial charge in [-0.05, 0) is 36.4 Å². The van der Waals surface area contributed by atoms with Crippen molar-refractivity contribution in [1.82, 2.24) is 21.3 Å². The van der Waals surface area contributed by atoms with Crippen molar-refractivity contribution in [1.29, 1.82) is 0 Å². The zero-order valence-corrected chi connectivity index (χ0v) is 15.0. The molecule has 3 rings (SSSR count). The Morgan fingerprint density at radius 2 is 1.96 bits per heavy atom. The molecule has 0 amide bonds. The minimum atomic E-state index is -1.27. The van der Waals surface area contributed by atoms with Gasteiger partial charge in [-0.15, -0.1) is 0 Å². The van der Waals surface area contributed by atoms with Gasteiger partial charge in [-0.2, -0.15) is 0 Å². The molecular weight excluding hydrogens is 362 g/mol. The van der Waals surface area contributed by atoms with Crippen molar-refractivity contribution in [3.63, 3.8) is 0 Å². The van der Waals surface area contributed by atoms with E-state index in [2.05, 4.69) is 21.3 Å². The molecule has 0 saturated carbocycles. The second-order valence-corrected chi connectivity index (χ2v) is 7.08. The lowest BCUT2D eigenvalue weighted by atomic mass is 9.81. The summed E-state index contributed by atoms with van der Waals surface area (Å²) in [4.78, 5) is 10.3. The van der Waals surface area contributed by atoms with Gasteiger partial charge < -0.3 is 26.4 Å². The highest BCUT2D eigenvalue weighted by Crippen LogP contribution is 2.28. The third kappa shape index (κ3) is 3.97. The lowest BCUT2D eigenvalue weighted by molar-refractivity contribution is -0.384. The second-order valence-electron chi connectivity index (χ2n) is 6.26. The summed E-state index contributed by atoms with van der Waals surface area (Å²) >= 11 is 10.4. The van der Waals surface area contributed by atoms with E-state index in [1.54, 1.807) is 12.1 Å². The van der Waals surface area contributed by atoms with Gasteiger partial charge in [0.15, 0.2) is 10.2 Å². The lowest BCUT2D eigenvalue weighted by Gasteiger charge is -2.47. The third-order valence-electron chi connectivity index (χ3n) is 4.59. The molecule has 2 saturated heterocycles. The van der Waals surface area contributed by atoms with Gasteiger partial charge in [0.1, 0.15) is 5.72 Å². The maximum atomic E-state index is 11.3. The predicted molar refractivity (Wildman–Crippen MR) is 101 cm³/mol. The molecule has 0 bridgehead atoms. The minimum absolute atomic E-state index is 0.0140. The Kier molecular flexibility index (Phi) is 5.02. The predicted octanol–water partition coefficient (Wildman–Crippen LogP) is 0.156. The van der Waals surface area contributed by atoms with Crippen LogP contribution in [0.3, 0.4) is 0 Å². The molecule has 0 spiro atoms. The summed E-state index contributed by atoms with van der Waals surface area (Å²) in [7, 11) is 0. The maximum absolute atomic E-state index is 11.3. The van der Waals surface area contributed by atoms with Crippen LogP contribution < -0.4 is 21.3 Å². The number of nitro groups is 1. The average Bonchev–Trinajstić information content (AvgIpc) is 2.55. The second kappa shape index (κ2) is 7.06. The molecule has 3 atom stereocenters. The van der Waals surface area contributed by atoms with Crippen LogP contribution >= 0.6 is 24.4 Å². The highest BCUT2D eigenvalue weighted by atomic mass is 32.1. The van der Waals surface area contributed by atoms with Crippen LogP contribution in [-0.2, 0) is 6.42 Å². The molecule has 25 heavy (non-hydrogen) atoms. The first-order valence-corrected chi connectivity index (χ1v) is 8.75. The van der Waals surface area contributed by atoms with Crippen LogP contribution in [0, 0.1) is 16.0 Å². The number of nitrogens with zero attached hydrogens (tertiary/aromatic N) is 1. The zero-order chi connectivity index (χ0) is 18.0. The topological polar surface area (TPSA) is 111 Å². The Morgan fingerprint density at radius 3 is 2.60 bits per heavy atom. The molecule has 2 aliphatic rings. The van der Waals surface area contributed by atoms with E-state index in [-0.39, 0.29) is 24.1 Å². The average molecular weight is 381 g/mol. The molecule has 1 aromatic rings. The molecule has 2 fully saturated rings. The summed E-state index contributed by atoms with van der Waals surface area (Å²) in [5, 5.41) is 35.4. The van der Waals surface area contributed by atoms with Gasteiger partial charge in [-0.3, -0.25) is 10.1 Å². The van der Waals surface area contributed by atoms with Crippen molar-refractivity contribution in [3.8, 4) is 0 Å². The summed E-state index contributed by atoms with van der Waals surface area (Å²) in [5.41, 5.74) is -0.471. The highest BCUT2D eigenvalue weighted by Gasteiger charge is 2.45. The van der Waals surface area contributed by atoms with Crippen molar-refractivity contribution in [3.05, 3.63) is 39.9 Å². The summed E-state index contributed by atoms with van der Waals surface area (Å²) in [6, 6.07) is 6.16. The lowest BCUT2D eigenvalue weighted by Crippen LogP contribution is -2.70. The number of rotatable bonds is 4. The molecule has 1 aromatic carbocycles. The molecule has 10 heteroatoms. The van der Waals surface area contributed by atoms with Crippen molar-refractivity contribution in [2.24, 2.45) is 5.92 Å². The summed E-state index contributed by atoms with van der Waals surface area (Å²) in [6.45, 7) is 1.25. The molecule has 3 unspecified atom stereocenters. The Balaban J connectivity index is 1.81. The van der Waals surface area contributed by atoms with E-state index >= 15 is 0 Å². The fraction of sp³-hybridized carbons (Fsp3) is 0.467. The summed E-state index contributed by atoms with van der Waals surface area (Å²) in [6.07, 6.45) is 1.08. The van der Waals surface area contributed by atoms with E-state index in [0.29, 0.717) is 16.8 Å². The number of hydrogen-bond acceptors (Lipinski definition) is 5.